The van der Waals surface area contributed by atoms with Crippen molar-refractivity contribution >= 4 is 104 Å². The summed E-state index contributed by atoms with van der Waals surface area (Å²) in [7, 11) is 0. The predicted octanol–water partition coefficient (Wildman–Crippen LogP) is 15.9. The van der Waals surface area contributed by atoms with E-state index in [1.54, 1.807) is 0 Å². The van der Waals surface area contributed by atoms with Gasteiger partial charge in [-0.15, -0.1) is 0 Å². The summed E-state index contributed by atoms with van der Waals surface area (Å²) in [4.78, 5) is 8.35. The van der Waals surface area contributed by atoms with E-state index in [1.165, 1.54) is 87.2 Å². The molecule has 0 unspecified atom stereocenters. The topological polar surface area (TPSA) is 25.0 Å². The average molecular weight is 791 g/mol. The predicted molar refractivity (Wildman–Crippen MR) is 262 cm³/mol. The summed E-state index contributed by atoms with van der Waals surface area (Å²) in [6.45, 7) is 21.0. The van der Waals surface area contributed by atoms with E-state index in [-0.39, 0.29) is 16.2 Å². The van der Waals surface area contributed by atoms with E-state index >= 15 is 0 Å². The van der Waals surface area contributed by atoms with Crippen LogP contribution in [0, 0.1) is 0 Å². The lowest BCUT2D eigenvalue weighted by Crippen LogP contribution is -2.15. The molecule has 0 aliphatic heterocycles. The lowest BCUT2D eigenvalue weighted by Gasteiger charge is -2.29. The summed E-state index contributed by atoms with van der Waals surface area (Å²) in [5.41, 5.74) is 15.3. The highest BCUT2D eigenvalue weighted by atomic mass is 15.2. The number of hydrogen-bond donors (Lipinski definition) is 0. The largest absolute Gasteiger partial charge is 0.308 e. The van der Waals surface area contributed by atoms with Gasteiger partial charge in [-0.3, -0.25) is 4.40 Å². The first kappa shape index (κ1) is 36.2. The lowest BCUT2D eigenvalue weighted by molar-refractivity contribution is 0.591. The smallest absolute Gasteiger partial charge is 0.146 e. The Morgan fingerprint density at radius 3 is 1.54 bits per heavy atom. The lowest BCUT2D eigenvalue weighted by atomic mass is 9.84. The second kappa shape index (κ2) is 12.0. The fourth-order valence-electron chi connectivity index (χ4n) is 10.3. The van der Waals surface area contributed by atoms with E-state index < -0.39 is 0 Å². The van der Waals surface area contributed by atoms with E-state index in [1.807, 2.05) is 0 Å². The number of aromatic nitrogens is 3. The van der Waals surface area contributed by atoms with Crippen molar-refractivity contribution < 1.29 is 0 Å². The minimum absolute atomic E-state index is 0.0447. The van der Waals surface area contributed by atoms with Gasteiger partial charge in [0.05, 0.1) is 38.8 Å². The summed E-state index contributed by atoms with van der Waals surface area (Å²) in [5, 5.41) is 11.4. The molecule has 0 atom stereocenters. The van der Waals surface area contributed by atoms with Crippen molar-refractivity contribution in [2.75, 3.05) is 4.90 Å². The first-order chi connectivity index (χ1) is 29.2. The van der Waals surface area contributed by atoms with Crippen molar-refractivity contribution in [3.8, 4) is 0 Å². The molecule has 4 nitrogen and oxygen atoms in total. The molecule has 0 spiro atoms. The van der Waals surface area contributed by atoms with Gasteiger partial charge >= 0.3 is 0 Å². The van der Waals surface area contributed by atoms with Crippen LogP contribution in [0.1, 0.15) is 79.0 Å². The maximum atomic E-state index is 5.89. The fourth-order valence-corrected chi connectivity index (χ4v) is 10.3. The van der Waals surface area contributed by atoms with E-state index in [0.29, 0.717) is 0 Å². The van der Waals surface area contributed by atoms with E-state index in [2.05, 4.69) is 216 Å². The molecule has 0 fully saturated rings. The zero-order chi connectivity index (χ0) is 41.9. The number of para-hydroxylation sites is 2. The average Bonchev–Trinajstić information content (AvgIpc) is 3.95. The Bertz CT molecular complexity index is 3690. The highest BCUT2D eigenvalue weighted by Crippen LogP contribution is 2.50. The molecule has 4 heteroatoms. The van der Waals surface area contributed by atoms with Gasteiger partial charge in [0.2, 0.25) is 0 Å². The van der Waals surface area contributed by atoms with Gasteiger partial charge in [0.25, 0.3) is 0 Å². The highest BCUT2D eigenvalue weighted by molar-refractivity contribution is 6.31. The Kier molecular flexibility index (Phi) is 7.13. The van der Waals surface area contributed by atoms with Crippen LogP contribution in [0.5, 0.6) is 0 Å². The number of fused-ring (bicyclic) bond motifs is 14. The third-order valence-electron chi connectivity index (χ3n) is 13.5. The van der Waals surface area contributed by atoms with Crippen molar-refractivity contribution in [3.05, 3.63) is 156 Å². The summed E-state index contributed by atoms with van der Waals surface area (Å²) < 4.78 is 5.04. The summed E-state index contributed by atoms with van der Waals surface area (Å²) in [6.07, 6.45) is 0. The van der Waals surface area contributed by atoms with Crippen molar-refractivity contribution in [2.45, 2.75) is 78.6 Å². The van der Waals surface area contributed by atoms with Crippen LogP contribution in [0.25, 0.3) is 87.2 Å². The van der Waals surface area contributed by atoms with Gasteiger partial charge in [0.1, 0.15) is 5.65 Å². The maximum absolute atomic E-state index is 5.89. The van der Waals surface area contributed by atoms with Crippen LogP contribution in [0.3, 0.4) is 0 Å². The van der Waals surface area contributed by atoms with Gasteiger partial charge < -0.3 is 9.30 Å². The van der Waals surface area contributed by atoms with Crippen LogP contribution in [0.15, 0.2) is 140 Å². The Labute approximate surface area is 356 Å². The number of hydrogen-bond acceptors (Lipinski definition) is 2. The quantitative estimate of drug-likeness (QED) is 0.178. The molecule has 0 N–H and O–H groups in total. The Morgan fingerprint density at radius 2 is 0.918 bits per heavy atom. The normalized spacial score (nSPS) is 13.3. The molecule has 12 rings (SSSR count). The third-order valence-corrected chi connectivity index (χ3v) is 13.5. The molecule has 5 aromatic heterocycles. The van der Waals surface area contributed by atoms with Gasteiger partial charge in [0.15, 0.2) is 0 Å². The molecule has 61 heavy (non-hydrogen) atoms. The Morgan fingerprint density at radius 1 is 0.410 bits per heavy atom. The standard InChI is InChI=1S/C57H50N4/c1-55(2,3)34-27-42-43-32-47-50(58-54(43)61-46-25-24-33-18-16-17-23-39(33)49(46)44(29-34)51(42)61)45-30-35(56(4,5)6)26-40-41-28-36(57(7,8)9)31-48(53(41)60(47)52(40)45)59(37-19-12-10-13-20-37)38-21-14-11-15-22-38/h10-32H,1-9H3. The molecule has 0 amide bonds. The van der Waals surface area contributed by atoms with Crippen molar-refractivity contribution in [3.63, 3.8) is 0 Å². The van der Waals surface area contributed by atoms with Crippen molar-refractivity contribution in [1.82, 2.24) is 13.8 Å². The van der Waals surface area contributed by atoms with Crippen LogP contribution < -0.4 is 4.90 Å². The molecule has 0 aliphatic rings. The van der Waals surface area contributed by atoms with Gasteiger partial charge in [0, 0.05) is 49.1 Å². The van der Waals surface area contributed by atoms with Gasteiger partial charge in [-0.1, -0.05) is 129 Å². The monoisotopic (exact) mass is 790 g/mol. The van der Waals surface area contributed by atoms with Crippen LogP contribution in [0.2, 0.25) is 0 Å². The summed E-state index contributed by atoms with van der Waals surface area (Å²) in [6, 6.07) is 52.4. The molecule has 0 saturated carbocycles. The van der Waals surface area contributed by atoms with Crippen molar-refractivity contribution in [1.29, 1.82) is 0 Å². The SMILES string of the molecule is CC(C)(C)c1cc(N(c2ccccc2)c2ccccc2)c2c(c1)c1cc(C(C)(C)C)cc3c4nc5c(cc4n2c13)c1cc(C(C)(C)C)cc2c3c4ccccc4ccc3n5c12. The molecule has 0 radical (unpaired) electrons. The molecular formula is C57H50N4. The molecule has 0 bridgehead atoms. The van der Waals surface area contributed by atoms with E-state index in [0.717, 1.165) is 33.7 Å². The highest BCUT2D eigenvalue weighted by Gasteiger charge is 2.31. The van der Waals surface area contributed by atoms with Crippen LogP contribution in [-0.4, -0.2) is 13.8 Å². The number of rotatable bonds is 3. The number of pyridine rings is 1. The Balaban J connectivity index is 1.32. The van der Waals surface area contributed by atoms with E-state index in [9.17, 15) is 0 Å². The third kappa shape index (κ3) is 5.02. The second-order valence-corrected chi connectivity index (χ2v) is 20.6. The first-order valence-corrected chi connectivity index (χ1v) is 21.8. The van der Waals surface area contributed by atoms with Gasteiger partial charge in [-0.25, -0.2) is 4.98 Å². The summed E-state index contributed by atoms with van der Waals surface area (Å²) >= 11 is 0. The molecule has 12 aromatic rings. The second-order valence-electron chi connectivity index (χ2n) is 20.6. The number of nitrogens with zero attached hydrogens (tertiary/aromatic N) is 4. The molecule has 0 aliphatic carbocycles. The molecule has 5 heterocycles. The molecule has 0 saturated heterocycles. The fraction of sp³-hybridized carbons (Fsp3) is 0.211. The summed E-state index contributed by atoms with van der Waals surface area (Å²) in [5.74, 6) is 0. The molecular weight excluding hydrogens is 741 g/mol. The zero-order valence-electron chi connectivity index (χ0n) is 36.6. The molecule has 298 valence electrons. The Hall–Kier alpha value is -6.65. The first-order valence-electron chi connectivity index (χ1n) is 21.8. The van der Waals surface area contributed by atoms with Crippen molar-refractivity contribution in [2.24, 2.45) is 0 Å². The number of benzene rings is 7. The maximum Gasteiger partial charge on any atom is 0.146 e. The van der Waals surface area contributed by atoms with Crippen LogP contribution >= 0.6 is 0 Å². The van der Waals surface area contributed by atoms with Crippen LogP contribution in [0.4, 0.5) is 17.1 Å². The van der Waals surface area contributed by atoms with Crippen LogP contribution in [-0.2, 0) is 16.2 Å². The molecule has 7 aromatic carbocycles. The van der Waals surface area contributed by atoms with Gasteiger partial charge in [-0.05, 0) is 117 Å². The zero-order valence-corrected chi connectivity index (χ0v) is 36.6. The minimum atomic E-state index is -0.0870. The number of anilines is 3. The minimum Gasteiger partial charge on any atom is -0.308 e. The van der Waals surface area contributed by atoms with Gasteiger partial charge in [-0.2, -0.15) is 0 Å². The van der Waals surface area contributed by atoms with E-state index in [4.69, 9.17) is 4.98 Å².